The van der Waals surface area contributed by atoms with Crippen molar-refractivity contribution in [1.29, 1.82) is 0 Å². The molecule has 1 rings (SSSR count). The third-order valence-electron chi connectivity index (χ3n) is 1.88. The Bertz CT molecular complexity index is 112. The van der Waals surface area contributed by atoms with Crippen molar-refractivity contribution in [2.45, 2.75) is 19.3 Å². The van der Waals surface area contributed by atoms with Crippen LogP contribution in [0.5, 0.6) is 0 Å². The molecule has 0 atom stereocenters. The van der Waals surface area contributed by atoms with Crippen LogP contribution in [0.2, 0.25) is 0 Å². The first kappa shape index (κ1) is 7.07. The number of rotatable bonds is 2. The molecule has 52 valence electrons. The normalized spacial score (nSPS) is 25.6. The van der Waals surface area contributed by atoms with Gasteiger partial charge in [-0.05, 0) is 25.2 Å². The van der Waals surface area contributed by atoms with E-state index < -0.39 is 0 Å². The summed E-state index contributed by atoms with van der Waals surface area (Å²) >= 11 is 5.56. The second-order valence-electron chi connectivity index (χ2n) is 2.54. The van der Waals surface area contributed by atoms with E-state index in [0.717, 1.165) is 11.8 Å². The first-order valence-corrected chi connectivity index (χ1v) is 3.90. The predicted octanol–water partition coefficient (Wildman–Crippen LogP) is 2.10. The van der Waals surface area contributed by atoms with E-state index >= 15 is 0 Å². The highest BCUT2D eigenvalue weighted by Gasteiger charge is 2.22. The maximum absolute atomic E-state index is 5.56. The predicted molar refractivity (Wildman–Crippen MR) is 41.4 cm³/mol. The minimum absolute atomic E-state index is 0.807. The fraction of sp³-hybridized carbons (Fsp3) is 0.857. The van der Waals surface area contributed by atoms with E-state index in [1.165, 1.54) is 25.0 Å². The zero-order valence-electron chi connectivity index (χ0n) is 5.73. The molecule has 0 aromatic carbocycles. The van der Waals surface area contributed by atoms with Crippen LogP contribution in [0, 0.1) is 5.92 Å². The standard InChI is InChI=1S/C7H12ClN/c1-9-7-4-6(5-7)2-3-8/h6H,2-5H2,1H3. The molecule has 0 spiro atoms. The summed E-state index contributed by atoms with van der Waals surface area (Å²) < 4.78 is 0. The third-order valence-corrected chi connectivity index (χ3v) is 2.10. The van der Waals surface area contributed by atoms with Crippen LogP contribution in [0.25, 0.3) is 0 Å². The van der Waals surface area contributed by atoms with E-state index in [9.17, 15) is 0 Å². The smallest absolute Gasteiger partial charge is 0.0276 e. The molecule has 0 amide bonds. The van der Waals surface area contributed by atoms with Crippen molar-refractivity contribution in [2.75, 3.05) is 12.9 Å². The highest BCUT2D eigenvalue weighted by molar-refractivity contribution is 6.17. The van der Waals surface area contributed by atoms with Gasteiger partial charge in [-0.2, -0.15) is 0 Å². The van der Waals surface area contributed by atoms with Gasteiger partial charge in [0, 0.05) is 18.6 Å². The first-order valence-electron chi connectivity index (χ1n) is 3.37. The molecule has 0 aromatic rings. The van der Waals surface area contributed by atoms with Crippen LogP contribution in [-0.4, -0.2) is 18.6 Å². The van der Waals surface area contributed by atoms with Crippen LogP contribution in [-0.2, 0) is 0 Å². The van der Waals surface area contributed by atoms with Gasteiger partial charge in [-0.25, -0.2) is 0 Å². The summed E-state index contributed by atoms with van der Waals surface area (Å²) in [6, 6.07) is 0. The van der Waals surface area contributed by atoms with E-state index in [1.54, 1.807) is 0 Å². The van der Waals surface area contributed by atoms with Crippen molar-refractivity contribution in [3.8, 4) is 0 Å². The molecule has 0 aromatic heterocycles. The number of hydrogen-bond donors (Lipinski definition) is 0. The van der Waals surface area contributed by atoms with Gasteiger partial charge in [-0.3, -0.25) is 4.99 Å². The molecule has 0 heterocycles. The molecule has 1 saturated carbocycles. The van der Waals surface area contributed by atoms with Gasteiger partial charge in [-0.15, -0.1) is 11.6 Å². The maximum atomic E-state index is 5.56. The fourth-order valence-electron chi connectivity index (χ4n) is 1.15. The van der Waals surface area contributed by atoms with Crippen LogP contribution in [0.15, 0.2) is 4.99 Å². The Morgan fingerprint density at radius 3 is 2.78 bits per heavy atom. The van der Waals surface area contributed by atoms with Crippen LogP contribution in [0.1, 0.15) is 19.3 Å². The largest absolute Gasteiger partial charge is 0.297 e. The van der Waals surface area contributed by atoms with Gasteiger partial charge in [0.05, 0.1) is 0 Å². The molecule has 0 aliphatic heterocycles. The summed E-state index contributed by atoms with van der Waals surface area (Å²) in [7, 11) is 1.87. The van der Waals surface area contributed by atoms with Crippen molar-refractivity contribution in [2.24, 2.45) is 10.9 Å². The van der Waals surface area contributed by atoms with Gasteiger partial charge in [0.1, 0.15) is 0 Å². The van der Waals surface area contributed by atoms with Crippen LogP contribution < -0.4 is 0 Å². The average molecular weight is 146 g/mol. The monoisotopic (exact) mass is 145 g/mol. The number of nitrogens with zero attached hydrogens (tertiary/aromatic N) is 1. The highest BCUT2D eigenvalue weighted by Crippen LogP contribution is 2.27. The molecule has 0 unspecified atom stereocenters. The van der Waals surface area contributed by atoms with Crippen molar-refractivity contribution in [3.05, 3.63) is 0 Å². The number of halogens is 1. The van der Waals surface area contributed by atoms with Crippen LogP contribution in [0.4, 0.5) is 0 Å². The fourth-order valence-corrected chi connectivity index (χ4v) is 1.46. The Labute approximate surface area is 61.1 Å². The van der Waals surface area contributed by atoms with Crippen LogP contribution in [0.3, 0.4) is 0 Å². The van der Waals surface area contributed by atoms with Gasteiger partial charge in [0.15, 0.2) is 0 Å². The second kappa shape index (κ2) is 3.21. The summed E-state index contributed by atoms with van der Waals surface area (Å²) in [6.07, 6.45) is 3.56. The van der Waals surface area contributed by atoms with E-state index in [2.05, 4.69) is 4.99 Å². The molecule has 0 radical (unpaired) electrons. The minimum atomic E-state index is 0.807. The van der Waals surface area contributed by atoms with E-state index in [4.69, 9.17) is 11.6 Å². The lowest BCUT2D eigenvalue weighted by Gasteiger charge is -2.26. The zero-order chi connectivity index (χ0) is 6.69. The molecule has 1 nitrogen and oxygen atoms in total. The molecule has 0 N–H and O–H groups in total. The Morgan fingerprint density at radius 2 is 2.33 bits per heavy atom. The summed E-state index contributed by atoms with van der Waals surface area (Å²) in [6.45, 7) is 0. The average Bonchev–Trinajstić information content (AvgIpc) is 1.77. The quantitative estimate of drug-likeness (QED) is 0.528. The molecular weight excluding hydrogens is 134 g/mol. The zero-order valence-corrected chi connectivity index (χ0v) is 6.49. The Morgan fingerprint density at radius 1 is 1.67 bits per heavy atom. The summed E-state index contributed by atoms with van der Waals surface area (Å²) in [5.41, 5.74) is 1.37. The van der Waals surface area contributed by atoms with E-state index in [0.29, 0.717) is 0 Å². The molecular formula is C7H12ClN. The van der Waals surface area contributed by atoms with Crippen molar-refractivity contribution in [1.82, 2.24) is 0 Å². The number of alkyl halides is 1. The molecule has 1 aliphatic carbocycles. The van der Waals surface area contributed by atoms with E-state index in [1.807, 2.05) is 7.05 Å². The highest BCUT2D eigenvalue weighted by atomic mass is 35.5. The SMILES string of the molecule is CN=C1CC(CCCl)C1. The van der Waals surface area contributed by atoms with Gasteiger partial charge in [0.25, 0.3) is 0 Å². The summed E-state index contributed by atoms with van der Waals surface area (Å²) in [5.74, 6) is 1.66. The second-order valence-corrected chi connectivity index (χ2v) is 2.92. The molecule has 1 aliphatic rings. The number of aliphatic imine (C=N–C) groups is 1. The van der Waals surface area contributed by atoms with Crippen molar-refractivity contribution in [3.63, 3.8) is 0 Å². The van der Waals surface area contributed by atoms with E-state index in [-0.39, 0.29) is 0 Å². The lowest BCUT2D eigenvalue weighted by Crippen LogP contribution is -2.23. The Balaban J connectivity index is 2.12. The molecule has 9 heavy (non-hydrogen) atoms. The van der Waals surface area contributed by atoms with Gasteiger partial charge in [0.2, 0.25) is 0 Å². The molecule has 2 heteroatoms. The Hall–Kier alpha value is -0.0400. The first-order chi connectivity index (χ1) is 4.36. The maximum Gasteiger partial charge on any atom is 0.0276 e. The van der Waals surface area contributed by atoms with Crippen LogP contribution >= 0.6 is 11.6 Å². The number of hydrogen-bond acceptors (Lipinski definition) is 1. The molecule has 1 fully saturated rings. The molecule has 0 bridgehead atoms. The van der Waals surface area contributed by atoms with Crippen molar-refractivity contribution < 1.29 is 0 Å². The van der Waals surface area contributed by atoms with Gasteiger partial charge >= 0.3 is 0 Å². The Kier molecular flexibility index (Phi) is 2.52. The summed E-state index contributed by atoms with van der Waals surface area (Å²) in [5, 5.41) is 0. The minimum Gasteiger partial charge on any atom is -0.297 e. The lowest BCUT2D eigenvalue weighted by molar-refractivity contribution is 0.486. The topological polar surface area (TPSA) is 12.4 Å². The molecule has 0 saturated heterocycles. The summed E-state index contributed by atoms with van der Waals surface area (Å²) in [4.78, 5) is 4.10. The lowest BCUT2D eigenvalue weighted by atomic mass is 9.81. The third kappa shape index (κ3) is 1.68. The van der Waals surface area contributed by atoms with Gasteiger partial charge < -0.3 is 0 Å². The van der Waals surface area contributed by atoms with Crippen molar-refractivity contribution >= 4 is 17.3 Å². The van der Waals surface area contributed by atoms with Gasteiger partial charge in [-0.1, -0.05) is 0 Å².